The van der Waals surface area contributed by atoms with Gasteiger partial charge in [0, 0.05) is 28.9 Å². The molecule has 0 saturated carbocycles. The van der Waals surface area contributed by atoms with Crippen molar-refractivity contribution in [2.75, 3.05) is 4.31 Å². The molecule has 0 spiro atoms. The topological polar surface area (TPSA) is 146 Å². The van der Waals surface area contributed by atoms with Crippen LogP contribution in [0.4, 0.5) is 10.6 Å². The predicted octanol–water partition coefficient (Wildman–Crippen LogP) is 4.79. The smallest absolute Gasteiger partial charge is 0.427 e. The second-order valence-corrected chi connectivity index (χ2v) is 9.41. The number of nitriles is 1. The predicted molar refractivity (Wildman–Crippen MR) is 124 cm³/mol. The molecule has 0 bridgehead atoms. The van der Waals surface area contributed by atoms with E-state index in [4.69, 9.17) is 16.3 Å². The largest absolute Gasteiger partial charge is 0.464 e. The van der Waals surface area contributed by atoms with Crippen LogP contribution in [0.2, 0.25) is 5.15 Å². The molecule has 3 heterocycles. The van der Waals surface area contributed by atoms with Crippen molar-refractivity contribution in [3.8, 4) is 28.7 Å². The first-order chi connectivity index (χ1) is 16.3. The first-order valence-electron chi connectivity index (χ1n) is 9.25. The Morgan fingerprint density at radius 1 is 1.18 bits per heavy atom. The second kappa shape index (κ2) is 9.44. The molecule has 10 nitrogen and oxygen atoms in total. The number of pyridine rings is 2. The number of hydrogen-bond acceptors (Lipinski definition) is 9. The lowest BCUT2D eigenvalue weighted by Crippen LogP contribution is -2.36. The molecule has 34 heavy (non-hydrogen) atoms. The van der Waals surface area contributed by atoms with Crippen LogP contribution in [0.5, 0.6) is 11.5 Å². The number of hydrogen-bond donors (Lipinski definition) is 1. The summed E-state index contributed by atoms with van der Waals surface area (Å²) in [7, 11) is -4.57. The van der Waals surface area contributed by atoms with Gasteiger partial charge in [0.1, 0.15) is 17.0 Å². The molecule has 0 fully saturated rings. The van der Waals surface area contributed by atoms with E-state index < -0.39 is 21.0 Å². The van der Waals surface area contributed by atoms with Crippen molar-refractivity contribution in [2.45, 2.75) is 4.90 Å². The van der Waals surface area contributed by atoms with Crippen LogP contribution in [0.3, 0.4) is 0 Å². The third-order valence-corrected chi connectivity index (χ3v) is 6.89. The molecule has 0 radical (unpaired) electrons. The average molecular weight is 514 g/mol. The van der Waals surface area contributed by atoms with Gasteiger partial charge in [-0.25, -0.2) is 23.2 Å². The number of rotatable bonds is 6. The fraction of sp³-hybridized carbons (Fsp3) is 0. The highest BCUT2D eigenvalue weighted by Gasteiger charge is 2.33. The molecule has 0 aliphatic rings. The lowest BCUT2D eigenvalue weighted by molar-refractivity contribution is 0.206. The number of sulfonamides is 1. The minimum Gasteiger partial charge on any atom is -0.464 e. The van der Waals surface area contributed by atoms with Gasteiger partial charge in [-0.2, -0.15) is 5.26 Å². The molecular weight excluding hydrogens is 502 g/mol. The molecule has 0 aliphatic carbocycles. The molecule has 0 saturated heterocycles. The number of amides is 1. The Bertz CT molecular complexity index is 1510. The van der Waals surface area contributed by atoms with Crippen LogP contribution in [-0.2, 0) is 10.0 Å². The van der Waals surface area contributed by atoms with E-state index in [2.05, 4.69) is 15.0 Å². The summed E-state index contributed by atoms with van der Waals surface area (Å²) in [5, 5.41) is 20.6. The van der Waals surface area contributed by atoms with Crippen molar-refractivity contribution in [1.29, 1.82) is 5.26 Å². The fourth-order valence-electron chi connectivity index (χ4n) is 2.95. The minimum absolute atomic E-state index is 0.0336. The third kappa shape index (κ3) is 4.53. The maximum atomic E-state index is 13.0. The Labute approximate surface area is 202 Å². The van der Waals surface area contributed by atoms with Crippen LogP contribution in [-0.4, -0.2) is 34.6 Å². The minimum atomic E-state index is -4.57. The Morgan fingerprint density at radius 2 is 2.00 bits per heavy atom. The van der Waals surface area contributed by atoms with Crippen molar-refractivity contribution in [1.82, 2.24) is 15.0 Å². The van der Waals surface area contributed by atoms with Crippen molar-refractivity contribution >= 4 is 44.9 Å². The molecule has 1 aromatic carbocycles. The maximum Gasteiger partial charge on any atom is 0.427 e. The molecule has 170 valence electrons. The van der Waals surface area contributed by atoms with E-state index in [1.165, 1.54) is 23.2 Å². The van der Waals surface area contributed by atoms with Crippen LogP contribution in [0.25, 0.3) is 11.1 Å². The summed E-state index contributed by atoms with van der Waals surface area (Å²) in [6.07, 6.45) is 2.83. The third-order valence-electron chi connectivity index (χ3n) is 4.44. The number of ether oxygens (including phenoxy) is 1. The van der Waals surface area contributed by atoms with Gasteiger partial charge in [0.15, 0.2) is 11.6 Å². The first kappa shape index (κ1) is 23.1. The SMILES string of the molecule is N#Cc1cc(S(=O)(=O)N(C(=O)O)c2cscn2)ccc1Oc1cnc(Cl)cc1-c1cccnc1. The number of halogens is 1. The van der Waals surface area contributed by atoms with E-state index in [1.54, 1.807) is 30.6 Å². The van der Waals surface area contributed by atoms with Gasteiger partial charge >= 0.3 is 6.09 Å². The summed E-state index contributed by atoms with van der Waals surface area (Å²) in [4.78, 5) is 23.1. The van der Waals surface area contributed by atoms with Gasteiger partial charge in [0.25, 0.3) is 10.0 Å². The standard InChI is InChI=1S/C21H12ClN5O5S2/c22-19-7-16(13-2-1-5-24-9-13)18(10-25-19)32-17-4-3-15(6-14(17)8-23)34(30,31)27(21(28)29)20-11-33-12-26-20/h1-7,9-12H,(H,28,29). The number of anilines is 1. The highest BCUT2D eigenvalue weighted by molar-refractivity contribution is 7.93. The van der Waals surface area contributed by atoms with Gasteiger partial charge in [-0.05, 0) is 30.3 Å². The molecule has 3 aromatic heterocycles. The molecule has 0 atom stereocenters. The number of benzene rings is 1. The average Bonchev–Trinajstić information content (AvgIpc) is 3.34. The van der Waals surface area contributed by atoms with Crippen LogP contribution in [0.1, 0.15) is 5.56 Å². The Kier molecular flexibility index (Phi) is 6.42. The summed E-state index contributed by atoms with van der Waals surface area (Å²) in [5.41, 5.74) is 2.39. The van der Waals surface area contributed by atoms with Crippen LogP contribution < -0.4 is 9.04 Å². The molecule has 4 rings (SSSR count). The van der Waals surface area contributed by atoms with Crippen molar-refractivity contribution in [3.05, 3.63) is 76.6 Å². The summed E-state index contributed by atoms with van der Waals surface area (Å²) in [5.74, 6) is 0.00933. The van der Waals surface area contributed by atoms with Gasteiger partial charge in [0.05, 0.1) is 22.2 Å². The van der Waals surface area contributed by atoms with Crippen LogP contribution in [0.15, 0.2) is 70.8 Å². The van der Waals surface area contributed by atoms with Crippen LogP contribution >= 0.6 is 22.9 Å². The van der Waals surface area contributed by atoms with Crippen molar-refractivity contribution < 1.29 is 23.1 Å². The zero-order chi connectivity index (χ0) is 24.3. The van der Waals surface area contributed by atoms with E-state index in [1.807, 2.05) is 6.07 Å². The lowest BCUT2D eigenvalue weighted by atomic mass is 10.1. The highest BCUT2D eigenvalue weighted by atomic mass is 35.5. The molecular formula is C21H12ClN5O5S2. The Morgan fingerprint density at radius 3 is 2.65 bits per heavy atom. The molecule has 1 amide bonds. The van der Waals surface area contributed by atoms with Gasteiger partial charge in [-0.15, -0.1) is 15.6 Å². The second-order valence-electron chi connectivity index (χ2n) is 6.52. The molecule has 0 unspecified atom stereocenters. The zero-order valence-electron chi connectivity index (χ0n) is 16.9. The quantitative estimate of drug-likeness (QED) is 0.359. The molecule has 4 aromatic rings. The summed E-state index contributed by atoms with van der Waals surface area (Å²) < 4.78 is 32.1. The van der Waals surface area contributed by atoms with Crippen molar-refractivity contribution in [2.24, 2.45) is 0 Å². The first-order valence-corrected chi connectivity index (χ1v) is 12.0. The van der Waals surface area contributed by atoms with E-state index in [0.717, 1.165) is 23.5 Å². The summed E-state index contributed by atoms with van der Waals surface area (Å²) in [6.45, 7) is 0. The normalized spacial score (nSPS) is 10.9. The highest BCUT2D eigenvalue weighted by Crippen LogP contribution is 2.36. The Balaban J connectivity index is 1.74. The number of thiazole rings is 1. The van der Waals surface area contributed by atoms with Gasteiger partial charge in [-0.3, -0.25) is 4.98 Å². The fourth-order valence-corrected chi connectivity index (χ4v) is 4.96. The number of aromatic nitrogens is 3. The number of carbonyl (C=O) groups is 1. The summed E-state index contributed by atoms with van der Waals surface area (Å²) in [6, 6.07) is 10.4. The van der Waals surface area contributed by atoms with Gasteiger partial charge in [-0.1, -0.05) is 17.7 Å². The van der Waals surface area contributed by atoms with E-state index >= 15 is 0 Å². The zero-order valence-corrected chi connectivity index (χ0v) is 19.3. The summed E-state index contributed by atoms with van der Waals surface area (Å²) >= 11 is 7.07. The van der Waals surface area contributed by atoms with E-state index in [9.17, 15) is 23.6 Å². The van der Waals surface area contributed by atoms with Crippen molar-refractivity contribution in [3.63, 3.8) is 0 Å². The van der Waals surface area contributed by atoms with E-state index in [0.29, 0.717) is 11.1 Å². The van der Waals surface area contributed by atoms with E-state index in [-0.39, 0.29) is 32.3 Å². The van der Waals surface area contributed by atoms with Gasteiger partial charge < -0.3 is 9.84 Å². The van der Waals surface area contributed by atoms with Crippen LogP contribution in [0, 0.1) is 11.3 Å². The molecule has 0 aliphatic heterocycles. The number of carboxylic acid groups (broad SMARTS) is 1. The maximum absolute atomic E-state index is 13.0. The molecule has 13 heteroatoms. The van der Waals surface area contributed by atoms with Gasteiger partial charge in [0.2, 0.25) is 0 Å². The Hall–Kier alpha value is -4.05. The monoisotopic (exact) mass is 513 g/mol. The lowest BCUT2D eigenvalue weighted by Gasteiger charge is -2.17. The number of nitrogens with zero attached hydrogens (tertiary/aromatic N) is 5. The molecule has 1 N–H and O–H groups in total.